The summed E-state index contributed by atoms with van der Waals surface area (Å²) >= 11 is 0. The van der Waals surface area contributed by atoms with Gasteiger partial charge in [-0.3, -0.25) is 0 Å². The normalized spacial score (nSPS) is 14.2. The van der Waals surface area contributed by atoms with Crippen molar-refractivity contribution in [2.24, 2.45) is 11.1 Å². The molecule has 2 N–H and O–H groups in total. The number of nitrogens with zero attached hydrogens (tertiary/aromatic N) is 1. The minimum Gasteiger partial charge on any atom is -0.493 e. The number of benzene rings is 1. The molecule has 110 valence electrons. The van der Waals surface area contributed by atoms with E-state index in [4.69, 9.17) is 20.5 Å². The van der Waals surface area contributed by atoms with Crippen molar-refractivity contribution >= 4 is 0 Å². The Morgan fingerprint density at radius 2 is 1.95 bits per heavy atom. The predicted octanol–water partition coefficient (Wildman–Crippen LogP) is 3.10. The lowest BCUT2D eigenvalue weighted by Crippen LogP contribution is -2.47. The first-order valence-corrected chi connectivity index (χ1v) is 6.83. The first kappa shape index (κ1) is 16.3. The van der Waals surface area contributed by atoms with E-state index >= 15 is 0 Å². The fraction of sp³-hybridized carbons (Fsp3) is 0.562. The van der Waals surface area contributed by atoms with Crippen LogP contribution in [-0.4, -0.2) is 19.3 Å². The summed E-state index contributed by atoms with van der Waals surface area (Å²) in [6, 6.07) is 7.18. The Labute approximate surface area is 121 Å². The minimum absolute atomic E-state index is 0.0599. The molecule has 2 unspecified atom stereocenters. The molecule has 20 heavy (non-hydrogen) atoms. The molecule has 0 heterocycles. The predicted molar refractivity (Wildman–Crippen MR) is 79.8 cm³/mol. The second-order valence-electron chi connectivity index (χ2n) is 5.95. The number of ether oxygens (including phenoxy) is 2. The molecule has 1 aromatic rings. The molecule has 0 radical (unpaired) electrons. The molecule has 1 rings (SSSR count). The van der Waals surface area contributed by atoms with Crippen molar-refractivity contribution in [1.82, 2.24) is 0 Å². The van der Waals surface area contributed by atoms with Gasteiger partial charge < -0.3 is 15.2 Å². The summed E-state index contributed by atoms with van der Waals surface area (Å²) in [6.45, 7) is 8.35. The standard InChI is InChI=1S/C16H24N2O2/c1-6-12(18)15(16(2,3)4)20-13-8-7-11(10-17)9-14(13)19-5/h7-9,12,15H,6,18H2,1-5H3. The highest BCUT2D eigenvalue weighted by Gasteiger charge is 2.32. The third kappa shape index (κ3) is 3.88. The van der Waals surface area contributed by atoms with Crippen molar-refractivity contribution in [3.05, 3.63) is 23.8 Å². The summed E-state index contributed by atoms with van der Waals surface area (Å²) in [7, 11) is 1.56. The van der Waals surface area contributed by atoms with Crippen LogP contribution in [0.3, 0.4) is 0 Å². The van der Waals surface area contributed by atoms with E-state index in [0.29, 0.717) is 17.1 Å². The number of methoxy groups -OCH3 is 1. The van der Waals surface area contributed by atoms with Crippen molar-refractivity contribution in [1.29, 1.82) is 5.26 Å². The van der Waals surface area contributed by atoms with Crippen LogP contribution < -0.4 is 15.2 Å². The Morgan fingerprint density at radius 3 is 2.40 bits per heavy atom. The van der Waals surface area contributed by atoms with E-state index < -0.39 is 0 Å². The Kier molecular flexibility index (Phi) is 5.41. The first-order chi connectivity index (χ1) is 9.33. The molecule has 0 saturated carbocycles. The van der Waals surface area contributed by atoms with Crippen LogP contribution in [0.1, 0.15) is 39.7 Å². The van der Waals surface area contributed by atoms with E-state index in [1.165, 1.54) is 0 Å². The third-order valence-corrected chi connectivity index (χ3v) is 3.26. The van der Waals surface area contributed by atoms with Crippen molar-refractivity contribution in [3.8, 4) is 17.6 Å². The zero-order valence-electron chi connectivity index (χ0n) is 12.9. The zero-order valence-corrected chi connectivity index (χ0v) is 12.9. The molecule has 0 aliphatic heterocycles. The average Bonchev–Trinajstić information content (AvgIpc) is 2.42. The van der Waals surface area contributed by atoms with Crippen molar-refractivity contribution in [2.45, 2.75) is 46.3 Å². The highest BCUT2D eigenvalue weighted by molar-refractivity contribution is 5.46. The Bertz CT molecular complexity index is 486. The molecule has 0 spiro atoms. The SMILES string of the molecule is CCC(N)C(Oc1ccc(C#N)cc1OC)C(C)(C)C. The van der Waals surface area contributed by atoms with E-state index in [0.717, 1.165) is 6.42 Å². The van der Waals surface area contributed by atoms with E-state index in [1.807, 2.05) is 6.92 Å². The monoisotopic (exact) mass is 276 g/mol. The third-order valence-electron chi connectivity index (χ3n) is 3.26. The van der Waals surface area contributed by atoms with Crippen molar-refractivity contribution < 1.29 is 9.47 Å². The molecule has 0 aromatic heterocycles. The molecule has 2 atom stereocenters. The number of nitriles is 1. The number of hydrogen-bond donors (Lipinski definition) is 1. The summed E-state index contributed by atoms with van der Waals surface area (Å²) in [6.07, 6.45) is 0.704. The summed E-state index contributed by atoms with van der Waals surface area (Å²) in [5, 5.41) is 8.92. The lowest BCUT2D eigenvalue weighted by Gasteiger charge is -2.35. The van der Waals surface area contributed by atoms with E-state index in [2.05, 4.69) is 26.8 Å². The maximum Gasteiger partial charge on any atom is 0.162 e. The lowest BCUT2D eigenvalue weighted by atomic mass is 9.84. The second kappa shape index (κ2) is 6.62. The Hall–Kier alpha value is -1.73. The maximum absolute atomic E-state index is 8.92. The molecule has 4 nitrogen and oxygen atoms in total. The fourth-order valence-corrected chi connectivity index (χ4v) is 2.09. The molecule has 0 fully saturated rings. The van der Waals surface area contributed by atoms with Gasteiger partial charge in [-0.25, -0.2) is 0 Å². The van der Waals surface area contributed by atoms with Gasteiger partial charge in [0.05, 0.1) is 18.7 Å². The number of hydrogen-bond acceptors (Lipinski definition) is 4. The Balaban J connectivity index is 3.09. The van der Waals surface area contributed by atoms with Gasteiger partial charge >= 0.3 is 0 Å². The largest absolute Gasteiger partial charge is 0.493 e. The quantitative estimate of drug-likeness (QED) is 0.897. The smallest absolute Gasteiger partial charge is 0.162 e. The minimum atomic E-state index is -0.130. The summed E-state index contributed by atoms with van der Waals surface area (Å²) in [5.41, 5.74) is 6.63. The molecule has 1 aromatic carbocycles. The summed E-state index contributed by atoms with van der Waals surface area (Å²) < 4.78 is 11.4. The van der Waals surface area contributed by atoms with Crippen LogP contribution in [0.4, 0.5) is 0 Å². The number of nitrogens with two attached hydrogens (primary N) is 1. The van der Waals surface area contributed by atoms with Crippen LogP contribution in [0, 0.1) is 16.7 Å². The molecule has 4 heteroatoms. The van der Waals surface area contributed by atoms with Gasteiger partial charge in [0.15, 0.2) is 11.5 Å². The highest BCUT2D eigenvalue weighted by Crippen LogP contribution is 2.33. The van der Waals surface area contributed by atoms with Gasteiger partial charge in [-0.1, -0.05) is 27.7 Å². The van der Waals surface area contributed by atoms with Crippen LogP contribution in [-0.2, 0) is 0 Å². The van der Waals surface area contributed by atoms with E-state index in [1.54, 1.807) is 25.3 Å². The van der Waals surface area contributed by atoms with Gasteiger partial charge in [0, 0.05) is 17.5 Å². The van der Waals surface area contributed by atoms with Crippen LogP contribution in [0.15, 0.2) is 18.2 Å². The van der Waals surface area contributed by atoms with Crippen LogP contribution in [0.5, 0.6) is 11.5 Å². The van der Waals surface area contributed by atoms with Crippen LogP contribution >= 0.6 is 0 Å². The first-order valence-electron chi connectivity index (χ1n) is 6.83. The van der Waals surface area contributed by atoms with Crippen LogP contribution in [0.2, 0.25) is 0 Å². The van der Waals surface area contributed by atoms with Gasteiger partial charge in [0.25, 0.3) is 0 Å². The van der Waals surface area contributed by atoms with Gasteiger partial charge in [-0.15, -0.1) is 0 Å². The summed E-state index contributed by atoms with van der Waals surface area (Å²) in [4.78, 5) is 0. The summed E-state index contributed by atoms with van der Waals surface area (Å²) in [5.74, 6) is 1.18. The molecular formula is C16H24N2O2. The van der Waals surface area contributed by atoms with E-state index in [-0.39, 0.29) is 17.6 Å². The molecule has 0 aliphatic rings. The second-order valence-corrected chi connectivity index (χ2v) is 5.95. The van der Waals surface area contributed by atoms with E-state index in [9.17, 15) is 0 Å². The van der Waals surface area contributed by atoms with Gasteiger partial charge in [0.2, 0.25) is 0 Å². The zero-order chi connectivity index (χ0) is 15.3. The van der Waals surface area contributed by atoms with Gasteiger partial charge in [-0.05, 0) is 18.6 Å². The molecule has 0 saturated heterocycles. The average molecular weight is 276 g/mol. The van der Waals surface area contributed by atoms with Crippen molar-refractivity contribution in [2.75, 3.05) is 7.11 Å². The van der Waals surface area contributed by atoms with Crippen molar-refractivity contribution in [3.63, 3.8) is 0 Å². The maximum atomic E-state index is 8.92. The van der Waals surface area contributed by atoms with Crippen LogP contribution in [0.25, 0.3) is 0 Å². The van der Waals surface area contributed by atoms with Gasteiger partial charge in [-0.2, -0.15) is 5.26 Å². The van der Waals surface area contributed by atoms with Gasteiger partial charge in [0.1, 0.15) is 6.10 Å². The molecule has 0 aliphatic carbocycles. The molecule has 0 bridgehead atoms. The Morgan fingerprint density at radius 1 is 1.30 bits per heavy atom. The number of rotatable bonds is 5. The highest BCUT2D eigenvalue weighted by atomic mass is 16.5. The fourth-order valence-electron chi connectivity index (χ4n) is 2.09. The molecule has 0 amide bonds. The molecular weight excluding hydrogens is 252 g/mol. The lowest BCUT2D eigenvalue weighted by molar-refractivity contribution is 0.0596. The topological polar surface area (TPSA) is 68.3 Å².